The maximum Gasteiger partial charge on any atom is 0.0959 e. The van der Waals surface area contributed by atoms with Crippen LogP contribution in [-0.4, -0.2) is 12.0 Å². The fourth-order valence-corrected chi connectivity index (χ4v) is 3.41. The van der Waals surface area contributed by atoms with E-state index in [-0.39, 0.29) is 0 Å². The molecule has 1 aliphatic rings. The van der Waals surface area contributed by atoms with E-state index >= 15 is 0 Å². The number of rotatable bonds is 3. The van der Waals surface area contributed by atoms with E-state index in [2.05, 4.69) is 19.2 Å². The lowest BCUT2D eigenvalue weighted by molar-refractivity contribution is 0.488. The molecule has 0 amide bonds. The molecule has 1 heterocycles. The van der Waals surface area contributed by atoms with E-state index in [1.165, 1.54) is 41.3 Å². The lowest BCUT2D eigenvalue weighted by Gasteiger charge is -2.19. The summed E-state index contributed by atoms with van der Waals surface area (Å²) in [6.07, 6.45) is 4.98. The van der Waals surface area contributed by atoms with Crippen molar-refractivity contribution in [3.8, 4) is 0 Å². The van der Waals surface area contributed by atoms with Crippen molar-refractivity contribution in [1.29, 1.82) is 0 Å². The molecule has 2 nitrogen and oxygen atoms in total. The predicted molar refractivity (Wildman–Crippen MR) is 65.6 cm³/mol. The van der Waals surface area contributed by atoms with Crippen molar-refractivity contribution in [3.05, 3.63) is 15.6 Å². The molecule has 15 heavy (non-hydrogen) atoms. The Hall–Kier alpha value is -0.410. The molecule has 0 aromatic carbocycles. The predicted octanol–water partition coefficient (Wildman–Crippen LogP) is 3.25. The Morgan fingerprint density at radius 1 is 1.60 bits per heavy atom. The molecule has 1 aromatic rings. The molecule has 0 aliphatic heterocycles. The molecule has 3 heteroatoms. The molecule has 0 bridgehead atoms. The number of aromatic nitrogens is 1. The molecular weight excluding hydrogens is 204 g/mol. The molecule has 1 aliphatic carbocycles. The maximum absolute atomic E-state index is 4.83. The summed E-state index contributed by atoms with van der Waals surface area (Å²) in [4.78, 5) is 6.35. The fraction of sp³-hybridized carbons (Fsp3) is 0.750. The van der Waals surface area contributed by atoms with Gasteiger partial charge in [-0.2, -0.15) is 0 Å². The van der Waals surface area contributed by atoms with Crippen LogP contribution in [0.15, 0.2) is 0 Å². The Morgan fingerprint density at radius 2 is 2.40 bits per heavy atom. The summed E-state index contributed by atoms with van der Waals surface area (Å²) in [5.41, 5.74) is 1.34. The Labute approximate surface area is 96.1 Å². The summed E-state index contributed by atoms with van der Waals surface area (Å²) in [5.74, 6) is 0.623. The van der Waals surface area contributed by atoms with Gasteiger partial charge in [-0.05, 0) is 32.7 Å². The second-order valence-corrected chi connectivity index (χ2v) is 5.52. The van der Waals surface area contributed by atoms with Crippen molar-refractivity contribution in [2.24, 2.45) is 0 Å². The molecule has 1 aromatic heterocycles. The molecule has 2 rings (SSSR count). The topological polar surface area (TPSA) is 24.9 Å². The first-order chi connectivity index (χ1) is 7.26. The zero-order valence-corrected chi connectivity index (χ0v) is 10.7. The van der Waals surface area contributed by atoms with E-state index < -0.39 is 0 Å². The van der Waals surface area contributed by atoms with Crippen molar-refractivity contribution in [2.75, 3.05) is 7.05 Å². The zero-order chi connectivity index (χ0) is 10.8. The van der Waals surface area contributed by atoms with E-state index in [1.54, 1.807) is 0 Å². The number of nitrogens with one attached hydrogen (secondary N) is 1. The van der Waals surface area contributed by atoms with Crippen LogP contribution in [0.2, 0.25) is 0 Å². The van der Waals surface area contributed by atoms with Gasteiger partial charge >= 0.3 is 0 Å². The molecule has 84 valence electrons. The van der Waals surface area contributed by atoms with Crippen LogP contribution >= 0.6 is 11.3 Å². The van der Waals surface area contributed by atoms with E-state index in [0.717, 1.165) is 0 Å². The number of nitrogens with zero attached hydrogens (tertiary/aromatic N) is 1. The van der Waals surface area contributed by atoms with Gasteiger partial charge in [-0.3, -0.25) is 0 Å². The van der Waals surface area contributed by atoms with E-state index in [9.17, 15) is 0 Å². The number of thiazole rings is 1. The molecule has 0 fully saturated rings. The number of aryl methyl sites for hydroxylation is 1. The summed E-state index contributed by atoms with van der Waals surface area (Å²) in [5, 5.41) is 4.71. The summed E-state index contributed by atoms with van der Waals surface area (Å²) in [7, 11) is 2.04. The lowest BCUT2D eigenvalue weighted by atomic mass is 9.98. The van der Waals surface area contributed by atoms with Crippen LogP contribution in [-0.2, 0) is 6.42 Å². The van der Waals surface area contributed by atoms with Crippen LogP contribution in [0.25, 0.3) is 0 Å². The van der Waals surface area contributed by atoms with E-state index in [4.69, 9.17) is 4.98 Å². The van der Waals surface area contributed by atoms with Gasteiger partial charge in [0, 0.05) is 10.8 Å². The Balaban J connectivity index is 2.29. The molecule has 2 unspecified atom stereocenters. The van der Waals surface area contributed by atoms with Crippen molar-refractivity contribution in [3.63, 3.8) is 0 Å². The standard InChI is InChI=1S/C12H20N2S/c1-4-8(2)12-14-11-9(13-3)6-5-7-10(11)15-12/h8-9,13H,4-7H2,1-3H3. The number of hydrogen-bond donors (Lipinski definition) is 1. The van der Waals surface area contributed by atoms with Gasteiger partial charge in [0.25, 0.3) is 0 Å². The van der Waals surface area contributed by atoms with Crippen molar-refractivity contribution >= 4 is 11.3 Å². The first-order valence-electron chi connectivity index (χ1n) is 5.93. The second kappa shape index (κ2) is 4.62. The quantitative estimate of drug-likeness (QED) is 0.852. The van der Waals surface area contributed by atoms with Crippen LogP contribution in [0.4, 0.5) is 0 Å². The second-order valence-electron chi connectivity index (χ2n) is 4.40. The van der Waals surface area contributed by atoms with Gasteiger partial charge in [0.1, 0.15) is 0 Å². The summed E-state index contributed by atoms with van der Waals surface area (Å²) < 4.78 is 0. The van der Waals surface area contributed by atoms with Crippen molar-refractivity contribution < 1.29 is 0 Å². The largest absolute Gasteiger partial charge is 0.312 e. The van der Waals surface area contributed by atoms with E-state index in [1.807, 2.05) is 18.4 Å². The highest BCUT2D eigenvalue weighted by molar-refractivity contribution is 7.11. The van der Waals surface area contributed by atoms with Crippen LogP contribution in [0, 0.1) is 0 Å². The molecular formula is C12H20N2S. The average molecular weight is 224 g/mol. The first-order valence-corrected chi connectivity index (χ1v) is 6.74. The average Bonchev–Trinajstić information content (AvgIpc) is 2.71. The van der Waals surface area contributed by atoms with Gasteiger partial charge in [0.15, 0.2) is 0 Å². The van der Waals surface area contributed by atoms with Crippen LogP contribution in [0.5, 0.6) is 0 Å². The normalized spacial score (nSPS) is 22.5. The molecule has 0 radical (unpaired) electrons. The van der Waals surface area contributed by atoms with Crippen LogP contribution in [0.1, 0.15) is 60.6 Å². The Bertz CT molecular complexity index is 332. The smallest absolute Gasteiger partial charge is 0.0959 e. The molecule has 2 atom stereocenters. The lowest BCUT2D eigenvalue weighted by Crippen LogP contribution is -2.21. The SMILES string of the molecule is CCC(C)c1nc2c(s1)CCCC2NC. The van der Waals surface area contributed by atoms with Gasteiger partial charge in [-0.15, -0.1) is 11.3 Å². The van der Waals surface area contributed by atoms with Crippen molar-refractivity contribution in [1.82, 2.24) is 10.3 Å². The third-order valence-corrected chi connectivity index (χ3v) is 4.72. The minimum atomic E-state index is 0.503. The molecule has 0 spiro atoms. The minimum absolute atomic E-state index is 0.503. The van der Waals surface area contributed by atoms with Gasteiger partial charge in [-0.25, -0.2) is 4.98 Å². The fourth-order valence-electron chi connectivity index (χ4n) is 2.10. The summed E-state index contributed by atoms with van der Waals surface area (Å²) >= 11 is 1.94. The minimum Gasteiger partial charge on any atom is -0.312 e. The third kappa shape index (κ3) is 2.08. The monoisotopic (exact) mass is 224 g/mol. The van der Waals surface area contributed by atoms with Gasteiger partial charge in [0.05, 0.1) is 16.7 Å². The van der Waals surface area contributed by atoms with Gasteiger partial charge in [-0.1, -0.05) is 13.8 Å². The van der Waals surface area contributed by atoms with Crippen LogP contribution < -0.4 is 5.32 Å². The summed E-state index contributed by atoms with van der Waals surface area (Å²) in [6, 6.07) is 0.503. The first kappa shape index (κ1) is 11.1. The molecule has 0 saturated carbocycles. The Kier molecular flexibility index (Phi) is 3.42. The number of fused-ring (bicyclic) bond motifs is 1. The van der Waals surface area contributed by atoms with Gasteiger partial charge < -0.3 is 5.32 Å². The highest BCUT2D eigenvalue weighted by Gasteiger charge is 2.24. The summed E-state index contributed by atoms with van der Waals surface area (Å²) in [6.45, 7) is 4.51. The van der Waals surface area contributed by atoms with E-state index in [0.29, 0.717) is 12.0 Å². The Morgan fingerprint density at radius 3 is 3.07 bits per heavy atom. The third-order valence-electron chi connectivity index (χ3n) is 3.35. The maximum atomic E-state index is 4.83. The molecule has 1 N–H and O–H groups in total. The van der Waals surface area contributed by atoms with Gasteiger partial charge in [0.2, 0.25) is 0 Å². The highest BCUT2D eigenvalue weighted by Crippen LogP contribution is 2.35. The van der Waals surface area contributed by atoms with Crippen molar-refractivity contribution in [2.45, 2.75) is 51.5 Å². The number of hydrogen-bond acceptors (Lipinski definition) is 3. The molecule has 0 saturated heterocycles. The van der Waals surface area contributed by atoms with Crippen LogP contribution in [0.3, 0.4) is 0 Å². The zero-order valence-electron chi connectivity index (χ0n) is 9.84. The highest BCUT2D eigenvalue weighted by atomic mass is 32.1.